The van der Waals surface area contributed by atoms with E-state index in [-0.39, 0.29) is 12.1 Å². The number of aliphatic hydroxyl groups excluding tert-OH is 1. The smallest absolute Gasteiger partial charge is 0.0611 e. The lowest BCUT2D eigenvalue weighted by Crippen LogP contribution is -2.54. The van der Waals surface area contributed by atoms with Gasteiger partial charge in [0, 0.05) is 17.6 Å². The van der Waals surface area contributed by atoms with Gasteiger partial charge in [-0.2, -0.15) is 0 Å². The van der Waals surface area contributed by atoms with Crippen LogP contribution in [-0.4, -0.2) is 40.8 Å². The molecule has 3 heteroatoms. The number of rotatable bonds is 7. The molecule has 3 nitrogen and oxygen atoms in total. The molecule has 0 saturated heterocycles. The molecule has 1 fully saturated rings. The maximum atomic E-state index is 9.48. The van der Waals surface area contributed by atoms with Crippen molar-refractivity contribution in [1.82, 2.24) is 4.90 Å². The molecule has 1 rings (SSSR count). The fourth-order valence-corrected chi connectivity index (χ4v) is 3.13. The summed E-state index contributed by atoms with van der Waals surface area (Å²) in [5, 5.41) is 9.48. The van der Waals surface area contributed by atoms with Crippen LogP contribution in [0.5, 0.6) is 0 Å². The number of nitrogens with two attached hydrogens (primary N) is 1. The first-order chi connectivity index (χ1) is 8.56. The summed E-state index contributed by atoms with van der Waals surface area (Å²) in [4.78, 5) is 2.64. The van der Waals surface area contributed by atoms with Gasteiger partial charge in [0.05, 0.1) is 6.61 Å². The zero-order valence-electron chi connectivity index (χ0n) is 12.5. The molecular formula is C15H32N2O. The third-order valence-corrected chi connectivity index (χ3v) is 4.56. The first kappa shape index (κ1) is 15.9. The lowest BCUT2D eigenvalue weighted by atomic mass is 9.79. The summed E-state index contributed by atoms with van der Waals surface area (Å²) < 4.78 is 0. The van der Waals surface area contributed by atoms with E-state index in [1.165, 1.54) is 32.2 Å². The number of hydrogen-bond acceptors (Lipinski definition) is 3. The maximum Gasteiger partial charge on any atom is 0.0611 e. The summed E-state index contributed by atoms with van der Waals surface area (Å²) in [5.74, 6) is 0. The second kappa shape index (κ2) is 7.46. The Labute approximate surface area is 113 Å². The highest BCUT2D eigenvalue weighted by Gasteiger charge is 2.35. The molecule has 0 aromatic heterocycles. The van der Waals surface area contributed by atoms with Crippen LogP contribution in [0.4, 0.5) is 0 Å². The maximum absolute atomic E-state index is 9.48. The van der Waals surface area contributed by atoms with Crippen LogP contribution >= 0.6 is 0 Å². The second-order valence-electron chi connectivity index (χ2n) is 6.12. The van der Waals surface area contributed by atoms with Gasteiger partial charge in [-0.25, -0.2) is 0 Å². The van der Waals surface area contributed by atoms with Crippen LogP contribution in [0.1, 0.15) is 65.7 Å². The molecule has 0 spiro atoms. The van der Waals surface area contributed by atoms with E-state index in [9.17, 15) is 5.11 Å². The van der Waals surface area contributed by atoms with Crippen LogP contribution in [0.15, 0.2) is 0 Å². The number of hydrogen-bond donors (Lipinski definition) is 2. The van der Waals surface area contributed by atoms with Crippen molar-refractivity contribution >= 4 is 0 Å². The van der Waals surface area contributed by atoms with Crippen molar-refractivity contribution < 1.29 is 5.11 Å². The van der Waals surface area contributed by atoms with Gasteiger partial charge in [-0.15, -0.1) is 0 Å². The van der Waals surface area contributed by atoms with Gasteiger partial charge >= 0.3 is 0 Å². The first-order valence-electron chi connectivity index (χ1n) is 7.71. The van der Waals surface area contributed by atoms with Crippen LogP contribution in [0.25, 0.3) is 0 Å². The molecule has 1 aliphatic carbocycles. The van der Waals surface area contributed by atoms with Gasteiger partial charge in [-0.05, 0) is 52.0 Å². The number of aliphatic hydroxyl groups is 1. The molecule has 0 amide bonds. The first-order valence-corrected chi connectivity index (χ1v) is 7.71. The minimum atomic E-state index is -0.332. The van der Waals surface area contributed by atoms with Crippen molar-refractivity contribution in [3.05, 3.63) is 0 Å². The van der Waals surface area contributed by atoms with Crippen molar-refractivity contribution in [1.29, 1.82) is 0 Å². The topological polar surface area (TPSA) is 49.5 Å². The van der Waals surface area contributed by atoms with E-state index >= 15 is 0 Å². The molecule has 18 heavy (non-hydrogen) atoms. The Kier molecular flexibility index (Phi) is 6.61. The zero-order valence-corrected chi connectivity index (χ0v) is 12.5. The summed E-state index contributed by atoms with van der Waals surface area (Å²) in [6.07, 6.45) is 8.02. The third-order valence-electron chi connectivity index (χ3n) is 4.56. The third kappa shape index (κ3) is 4.22. The van der Waals surface area contributed by atoms with Crippen LogP contribution in [0.2, 0.25) is 0 Å². The molecule has 0 radical (unpaired) electrons. The predicted molar refractivity (Wildman–Crippen MR) is 77.6 cm³/mol. The summed E-state index contributed by atoms with van der Waals surface area (Å²) in [6.45, 7) is 8.13. The van der Waals surface area contributed by atoms with Crippen LogP contribution in [0.3, 0.4) is 0 Å². The van der Waals surface area contributed by atoms with Crippen molar-refractivity contribution in [3.63, 3.8) is 0 Å². The molecule has 0 aromatic carbocycles. The highest BCUT2D eigenvalue weighted by atomic mass is 16.3. The van der Waals surface area contributed by atoms with Gasteiger partial charge in [0.15, 0.2) is 0 Å². The lowest BCUT2D eigenvalue weighted by molar-refractivity contribution is 0.0568. The van der Waals surface area contributed by atoms with Gasteiger partial charge in [0.2, 0.25) is 0 Å². The van der Waals surface area contributed by atoms with Crippen LogP contribution in [-0.2, 0) is 0 Å². The van der Waals surface area contributed by atoms with E-state index in [4.69, 9.17) is 5.73 Å². The molecular weight excluding hydrogens is 224 g/mol. The Hall–Kier alpha value is -0.120. The Balaban J connectivity index is 2.65. The van der Waals surface area contributed by atoms with E-state index in [0.29, 0.717) is 12.1 Å². The summed E-state index contributed by atoms with van der Waals surface area (Å²) in [7, 11) is 0. The van der Waals surface area contributed by atoms with Crippen molar-refractivity contribution in [2.24, 2.45) is 5.73 Å². The summed E-state index contributed by atoms with van der Waals surface area (Å²) in [5.41, 5.74) is 5.95. The molecule has 1 aliphatic rings. The average Bonchev–Trinajstić information content (AvgIpc) is 2.39. The van der Waals surface area contributed by atoms with Crippen molar-refractivity contribution in [2.75, 3.05) is 13.2 Å². The Morgan fingerprint density at radius 3 is 2.72 bits per heavy atom. The average molecular weight is 256 g/mol. The quantitative estimate of drug-likeness (QED) is 0.736. The van der Waals surface area contributed by atoms with Gasteiger partial charge in [0.1, 0.15) is 0 Å². The molecule has 108 valence electrons. The SMILES string of the molecule is CCCCN(C(C)CC)C1CCCC(N)(CO)C1. The van der Waals surface area contributed by atoms with E-state index in [1.54, 1.807) is 0 Å². The summed E-state index contributed by atoms with van der Waals surface area (Å²) >= 11 is 0. The highest BCUT2D eigenvalue weighted by Crippen LogP contribution is 2.30. The fraction of sp³-hybridized carbons (Fsp3) is 1.00. The zero-order chi connectivity index (χ0) is 13.6. The van der Waals surface area contributed by atoms with E-state index in [2.05, 4.69) is 25.7 Å². The molecule has 1 saturated carbocycles. The number of nitrogens with zero attached hydrogens (tertiary/aromatic N) is 1. The van der Waals surface area contributed by atoms with Gasteiger partial charge in [-0.1, -0.05) is 20.3 Å². The molecule has 0 aliphatic heterocycles. The van der Waals surface area contributed by atoms with E-state index in [1.807, 2.05) is 0 Å². The molecule has 3 atom stereocenters. The van der Waals surface area contributed by atoms with E-state index < -0.39 is 0 Å². The Morgan fingerprint density at radius 1 is 1.44 bits per heavy atom. The van der Waals surface area contributed by atoms with Crippen molar-refractivity contribution in [3.8, 4) is 0 Å². The predicted octanol–water partition coefficient (Wildman–Crippen LogP) is 2.52. The van der Waals surface area contributed by atoms with Crippen LogP contribution in [0, 0.1) is 0 Å². The minimum absolute atomic E-state index is 0.131. The van der Waals surface area contributed by atoms with Gasteiger partial charge < -0.3 is 10.8 Å². The standard InChI is InChI=1S/C15H32N2O/c1-4-6-10-17(13(3)5-2)14-8-7-9-15(16,11-14)12-18/h13-14,18H,4-12,16H2,1-3H3. The van der Waals surface area contributed by atoms with Crippen LogP contribution < -0.4 is 5.73 Å². The lowest BCUT2D eigenvalue weighted by Gasteiger charge is -2.44. The molecule has 3 N–H and O–H groups in total. The molecule has 3 unspecified atom stereocenters. The minimum Gasteiger partial charge on any atom is -0.394 e. The Bertz CT molecular complexity index is 235. The largest absolute Gasteiger partial charge is 0.394 e. The Morgan fingerprint density at radius 2 is 2.17 bits per heavy atom. The fourth-order valence-electron chi connectivity index (χ4n) is 3.13. The van der Waals surface area contributed by atoms with Crippen molar-refractivity contribution in [2.45, 2.75) is 83.3 Å². The number of unbranched alkanes of at least 4 members (excludes halogenated alkanes) is 1. The molecule has 0 aromatic rings. The van der Waals surface area contributed by atoms with Gasteiger partial charge in [-0.3, -0.25) is 4.90 Å². The highest BCUT2D eigenvalue weighted by molar-refractivity contribution is 4.94. The van der Waals surface area contributed by atoms with Gasteiger partial charge in [0.25, 0.3) is 0 Å². The molecule has 0 heterocycles. The monoisotopic (exact) mass is 256 g/mol. The van der Waals surface area contributed by atoms with E-state index in [0.717, 1.165) is 19.3 Å². The summed E-state index contributed by atoms with van der Waals surface area (Å²) in [6, 6.07) is 1.19. The molecule has 0 bridgehead atoms. The second-order valence-corrected chi connectivity index (χ2v) is 6.12. The normalized spacial score (nSPS) is 30.7.